The molecule has 1 N–H and O–H groups in total. The van der Waals surface area contributed by atoms with Crippen molar-refractivity contribution in [3.63, 3.8) is 0 Å². The van der Waals surface area contributed by atoms with E-state index >= 15 is 0 Å². The van der Waals surface area contributed by atoms with Crippen LogP contribution in [0.1, 0.15) is 31.5 Å². The van der Waals surface area contributed by atoms with E-state index in [4.69, 9.17) is 4.52 Å². The van der Waals surface area contributed by atoms with E-state index < -0.39 is 0 Å². The molecule has 2 heterocycles. The van der Waals surface area contributed by atoms with Gasteiger partial charge in [-0.3, -0.25) is 0 Å². The monoisotopic (exact) mass is 213 g/mol. The molecule has 0 spiro atoms. The molecule has 5 heteroatoms. The highest BCUT2D eigenvalue weighted by atomic mass is 32.2. The van der Waals surface area contributed by atoms with Crippen LogP contribution in [0.25, 0.3) is 0 Å². The summed E-state index contributed by atoms with van der Waals surface area (Å²) in [5.41, 5.74) is -0.0936. The van der Waals surface area contributed by atoms with Crippen molar-refractivity contribution in [1.29, 1.82) is 0 Å². The smallest absolute Gasteiger partial charge is 0.246 e. The Morgan fingerprint density at radius 3 is 3.14 bits per heavy atom. The summed E-state index contributed by atoms with van der Waals surface area (Å²) in [5.74, 6) is 2.35. The minimum absolute atomic E-state index is 0.0936. The molecule has 1 aliphatic heterocycles. The van der Waals surface area contributed by atoms with Gasteiger partial charge in [-0.15, -0.1) is 0 Å². The van der Waals surface area contributed by atoms with Gasteiger partial charge in [-0.1, -0.05) is 5.16 Å². The Morgan fingerprint density at radius 1 is 1.64 bits per heavy atom. The van der Waals surface area contributed by atoms with Crippen molar-refractivity contribution >= 4 is 11.8 Å². The zero-order chi connectivity index (χ0) is 10.0. The Morgan fingerprint density at radius 2 is 2.50 bits per heavy atom. The molecule has 0 saturated carbocycles. The Balaban J connectivity index is 2.15. The Hall–Kier alpha value is -0.550. The molecule has 0 aromatic carbocycles. The minimum Gasteiger partial charge on any atom is -0.337 e. The molecule has 1 aromatic heterocycles. The quantitative estimate of drug-likeness (QED) is 0.825. The minimum atomic E-state index is -0.0936. The van der Waals surface area contributed by atoms with Crippen molar-refractivity contribution in [2.45, 2.75) is 31.1 Å². The van der Waals surface area contributed by atoms with Gasteiger partial charge in [0.1, 0.15) is 0 Å². The molecule has 1 saturated heterocycles. The lowest BCUT2D eigenvalue weighted by Gasteiger charge is -2.18. The van der Waals surface area contributed by atoms with Crippen LogP contribution in [0.2, 0.25) is 0 Å². The van der Waals surface area contributed by atoms with Crippen LogP contribution in [-0.2, 0) is 11.3 Å². The fraction of sp³-hybridized carbons (Fsp3) is 0.778. The third kappa shape index (κ3) is 1.79. The second kappa shape index (κ2) is 3.90. The van der Waals surface area contributed by atoms with Crippen LogP contribution in [0.5, 0.6) is 0 Å². The summed E-state index contributed by atoms with van der Waals surface area (Å²) < 4.78 is 5.27. The molecule has 0 aliphatic carbocycles. The van der Waals surface area contributed by atoms with Crippen LogP contribution >= 0.6 is 11.8 Å². The number of nitrogens with zero attached hydrogens (tertiary/aromatic N) is 2. The van der Waals surface area contributed by atoms with Gasteiger partial charge in [-0.2, -0.15) is 16.7 Å². The first-order chi connectivity index (χ1) is 6.74. The molecule has 4 nitrogen and oxygen atoms in total. The fourth-order valence-electron chi connectivity index (χ4n) is 1.74. The SMILES string of the molecule is CSCc1noc(C2(C)CCCN2)n1. The maximum absolute atomic E-state index is 5.27. The van der Waals surface area contributed by atoms with Crippen molar-refractivity contribution in [2.75, 3.05) is 12.8 Å². The number of aromatic nitrogens is 2. The molecule has 1 unspecified atom stereocenters. The molecule has 1 atom stereocenters. The van der Waals surface area contributed by atoms with Gasteiger partial charge in [-0.25, -0.2) is 0 Å². The maximum Gasteiger partial charge on any atom is 0.246 e. The van der Waals surface area contributed by atoms with Gasteiger partial charge in [0.25, 0.3) is 0 Å². The fourth-order valence-corrected chi connectivity index (χ4v) is 2.12. The van der Waals surface area contributed by atoms with Crippen molar-refractivity contribution in [2.24, 2.45) is 0 Å². The molecule has 2 rings (SSSR count). The van der Waals surface area contributed by atoms with Gasteiger partial charge in [0.05, 0.1) is 11.3 Å². The van der Waals surface area contributed by atoms with E-state index in [-0.39, 0.29) is 5.54 Å². The second-order valence-electron chi connectivity index (χ2n) is 3.81. The van der Waals surface area contributed by atoms with E-state index in [1.165, 1.54) is 6.42 Å². The molecule has 78 valence electrons. The van der Waals surface area contributed by atoms with E-state index in [0.717, 1.165) is 30.4 Å². The summed E-state index contributed by atoms with van der Waals surface area (Å²) in [7, 11) is 0. The van der Waals surface area contributed by atoms with Gasteiger partial charge < -0.3 is 9.84 Å². The highest BCUT2D eigenvalue weighted by Gasteiger charge is 2.35. The third-order valence-corrected chi connectivity index (χ3v) is 3.13. The van der Waals surface area contributed by atoms with Crippen LogP contribution in [-0.4, -0.2) is 22.9 Å². The normalized spacial score (nSPS) is 27.0. The molecule has 0 radical (unpaired) electrons. The van der Waals surface area contributed by atoms with E-state index in [2.05, 4.69) is 22.4 Å². The number of hydrogen-bond donors (Lipinski definition) is 1. The number of thioether (sulfide) groups is 1. The summed E-state index contributed by atoms with van der Waals surface area (Å²) in [4.78, 5) is 4.39. The number of rotatable bonds is 3. The van der Waals surface area contributed by atoms with Crippen LogP contribution in [0.4, 0.5) is 0 Å². The van der Waals surface area contributed by atoms with Crippen LogP contribution < -0.4 is 5.32 Å². The summed E-state index contributed by atoms with van der Waals surface area (Å²) in [6.45, 7) is 3.16. The van der Waals surface area contributed by atoms with Gasteiger partial charge in [-0.05, 0) is 32.6 Å². The first-order valence-electron chi connectivity index (χ1n) is 4.82. The Labute approximate surface area is 87.8 Å². The average Bonchev–Trinajstić information content (AvgIpc) is 2.75. The zero-order valence-electron chi connectivity index (χ0n) is 8.54. The highest BCUT2D eigenvalue weighted by Crippen LogP contribution is 2.28. The van der Waals surface area contributed by atoms with Gasteiger partial charge in [0, 0.05) is 0 Å². The third-order valence-electron chi connectivity index (χ3n) is 2.58. The summed E-state index contributed by atoms with van der Waals surface area (Å²) >= 11 is 1.70. The van der Waals surface area contributed by atoms with Crippen molar-refractivity contribution in [1.82, 2.24) is 15.5 Å². The first-order valence-corrected chi connectivity index (χ1v) is 6.21. The molecule has 1 aliphatic rings. The average molecular weight is 213 g/mol. The van der Waals surface area contributed by atoms with Gasteiger partial charge in [0.15, 0.2) is 5.82 Å². The molecule has 14 heavy (non-hydrogen) atoms. The summed E-state index contributed by atoms with van der Waals surface area (Å²) in [6.07, 6.45) is 4.29. The van der Waals surface area contributed by atoms with Gasteiger partial charge >= 0.3 is 0 Å². The lowest BCUT2D eigenvalue weighted by atomic mass is 10.0. The van der Waals surface area contributed by atoms with Crippen molar-refractivity contribution < 1.29 is 4.52 Å². The number of hydrogen-bond acceptors (Lipinski definition) is 5. The molecule has 0 amide bonds. The van der Waals surface area contributed by atoms with Crippen LogP contribution in [0.15, 0.2) is 4.52 Å². The largest absolute Gasteiger partial charge is 0.337 e. The lowest BCUT2D eigenvalue weighted by Crippen LogP contribution is -2.33. The zero-order valence-corrected chi connectivity index (χ0v) is 9.36. The van der Waals surface area contributed by atoms with E-state index in [9.17, 15) is 0 Å². The number of nitrogens with one attached hydrogen (secondary N) is 1. The van der Waals surface area contributed by atoms with E-state index in [1.54, 1.807) is 11.8 Å². The van der Waals surface area contributed by atoms with Crippen molar-refractivity contribution in [3.8, 4) is 0 Å². The van der Waals surface area contributed by atoms with E-state index in [1.807, 2.05) is 6.26 Å². The standard InChI is InChI=1S/C9H15N3OS/c1-9(4-3-5-10-9)8-11-7(6-14-2)12-13-8/h10H,3-6H2,1-2H3. The van der Waals surface area contributed by atoms with Crippen LogP contribution in [0, 0.1) is 0 Å². The summed E-state index contributed by atoms with van der Waals surface area (Å²) in [5, 5.41) is 7.35. The molecule has 0 bridgehead atoms. The second-order valence-corrected chi connectivity index (χ2v) is 4.68. The Bertz CT molecular complexity index is 307. The lowest BCUT2D eigenvalue weighted by molar-refractivity contribution is 0.274. The predicted octanol–water partition coefficient (Wildman–Crippen LogP) is 1.53. The molecular formula is C9H15N3OS. The first kappa shape index (κ1) is 9.98. The van der Waals surface area contributed by atoms with Crippen molar-refractivity contribution in [3.05, 3.63) is 11.7 Å². The van der Waals surface area contributed by atoms with Crippen LogP contribution in [0.3, 0.4) is 0 Å². The Kier molecular flexibility index (Phi) is 2.78. The highest BCUT2D eigenvalue weighted by molar-refractivity contribution is 7.97. The molecule has 1 fully saturated rings. The topological polar surface area (TPSA) is 51.0 Å². The maximum atomic E-state index is 5.27. The van der Waals surface area contributed by atoms with Gasteiger partial charge in [0.2, 0.25) is 5.89 Å². The van der Waals surface area contributed by atoms with E-state index in [0.29, 0.717) is 0 Å². The predicted molar refractivity (Wildman–Crippen MR) is 56.1 cm³/mol. The summed E-state index contributed by atoms with van der Waals surface area (Å²) in [6, 6.07) is 0. The molecular weight excluding hydrogens is 198 g/mol. The molecule has 1 aromatic rings.